The van der Waals surface area contributed by atoms with Gasteiger partial charge in [0.1, 0.15) is 17.5 Å². The maximum absolute atomic E-state index is 11.6. The van der Waals surface area contributed by atoms with Gasteiger partial charge in [0, 0.05) is 45.0 Å². The molecule has 3 aliphatic heterocycles. The van der Waals surface area contributed by atoms with Gasteiger partial charge in [-0.15, -0.1) is 0 Å². The van der Waals surface area contributed by atoms with Crippen LogP contribution in [0.3, 0.4) is 0 Å². The van der Waals surface area contributed by atoms with Crippen molar-refractivity contribution in [3.8, 4) is 0 Å². The predicted octanol–water partition coefficient (Wildman–Crippen LogP) is 4.32. The molecule has 4 aromatic rings. The smallest absolute Gasteiger partial charge is 0.335 e. The number of piperazine rings is 1. The van der Waals surface area contributed by atoms with Gasteiger partial charge in [0.15, 0.2) is 0 Å². The summed E-state index contributed by atoms with van der Waals surface area (Å²) in [5, 5.41) is 9.52. The lowest BCUT2D eigenvalue weighted by Gasteiger charge is -2.36. The Bertz CT molecular complexity index is 1540. The summed E-state index contributed by atoms with van der Waals surface area (Å²) < 4.78 is 7.88. The van der Waals surface area contributed by atoms with Crippen molar-refractivity contribution in [1.82, 2.24) is 19.4 Å². The van der Waals surface area contributed by atoms with Crippen LogP contribution >= 0.6 is 0 Å². The minimum absolute atomic E-state index is 0.159. The van der Waals surface area contributed by atoms with Crippen LogP contribution in [-0.4, -0.2) is 75.9 Å². The van der Waals surface area contributed by atoms with E-state index in [1.165, 1.54) is 11.3 Å². The Balaban J connectivity index is 1.06. The summed E-state index contributed by atoms with van der Waals surface area (Å²) in [6.45, 7) is 6.78. The molecular formula is C31H34N6O3. The first-order valence-corrected chi connectivity index (χ1v) is 14.3. The average molecular weight is 539 g/mol. The molecule has 0 radical (unpaired) electrons. The fraction of sp³-hybridized carbons (Fsp3) is 0.387. The molecule has 2 fully saturated rings. The Morgan fingerprint density at radius 3 is 2.58 bits per heavy atom. The monoisotopic (exact) mass is 538 g/mol. The molecule has 3 aliphatic rings. The quantitative estimate of drug-likeness (QED) is 0.372. The van der Waals surface area contributed by atoms with Crippen LogP contribution in [0.1, 0.15) is 34.6 Å². The average Bonchev–Trinajstić information content (AvgIpc) is 3.30. The molecular weight excluding hydrogens is 504 g/mol. The topological polar surface area (TPSA) is 87.0 Å². The van der Waals surface area contributed by atoms with Crippen molar-refractivity contribution in [2.24, 2.45) is 0 Å². The van der Waals surface area contributed by atoms with Crippen molar-refractivity contribution >= 4 is 34.3 Å². The molecule has 0 unspecified atom stereocenters. The second-order valence-corrected chi connectivity index (χ2v) is 10.9. The number of fused-ring (bicyclic) bond motifs is 2. The number of benzene rings is 2. The SMILES string of the molecule is O=C(O)c1ccc2nc(CN3CCN(c4cccc(N5CCCc6ccccc65)n4)CC3)n(C[C@@H]3CCO3)c2c1. The summed E-state index contributed by atoms with van der Waals surface area (Å²) >= 11 is 0. The van der Waals surface area contributed by atoms with Crippen LogP contribution in [0.2, 0.25) is 0 Å². The minimum atomic E-state index is -0.922. The van der Waals surface area contributed by atoms with Gasteiger partial charge in [-0.1, -0.05) is 24.3 Å². The number of para-hydroxylation sites is 1. The molecule has 40 heavy (non-hydrogen) atoms. The van der Waals surface area contributed by atoms with Crippen molar-refractivity contribution in [1.29, 1.82) is 0 Å². The van der Waals surface area contributed by atoms with Crippen LogP contribution in [0.5, 0.6) is 0 Å². The Kier molecular flexibility index (Phi) is 6.61. The zero-order valence-electron chi connectivity index (χ0n) is 22.6. The number of aromatic carboxylic acids is 1. The number of ether oxygens (including phenoxy) is 1. The molecule has 1 atom stereocenters. The van der Waals surface area contributed by atoms with Gasteiger partial charge in [-0.3, -0.25) is 4.90 Å². The van der Waals surface area contributed by atoms with Gasteiger partial charge < -0.3 is 24.2 Å². The maximum atomic E-state index is 11.6. The van der Waals surface area contributed by atoms with Gasteiger partial charge in [0.2, 0.25) is 0 Å². The third-order valence-corrected chi connectivity index (χ3v) is 8.42. The minimum Gasteiger partial charge on any atom is -0.478 e. The van der Waals surface area contributed by atoms with E-state index in [1.807, 2.05) is 6.07 Å². The van der Waals surface area contributed by atoms with Crippen LogP contribution in [0, 0.1) is 0 Å². The zero-order chi connectivity index (χ0) is 27.1. The molecule has 2 aromatic carbocycles. The molecule has 206 valence electrons. The van der Waals surface area contributed by atoms with E-state index in [0.29, 0.717) is 6.54 Å². The number of hydrogen-bond donors (Lipinski definition) is 1. The first-order valence-electron chi connectivity index (χ1n) is 14.3. The molecule has 9 heteroatoms. The Morgan fingerprint density at radius 1 is 0.950 bits per heavy atom. The number of pyridine rings is 1. The maximum Gasteiger partial charge on any atom is 0.335 e. The van der Waals surface area contributed by atoms with Crippen molar-refractivity contribution in [3.63, 3.8) is 0 Å². The molecule has 0 bridgehead atoms. The normalized spacial score (nSPS) is 19.4. The number of nitrogens with zero attached hydrogens (tertiary/aromatic N) is 6. The highest BCUT2D eigenvalue weighted by Crippen LogP contribution is 2.33. The van der Waals surface area contributed by atoms with Crippen LogP contribution < -0.4 is 9.80 Å². The number of aryl methyl sites for hydroxylation is 1. The van der Waals surface area contributed by atoms with Crippen molar-refractivity contribution in [2.45, 2.75) is 38.5 Å². The lowest BCUT2D eigenvalue weighted by atomic mass is 10.0. The Morgan fingerprint density at radius 2 is 1.77 bits per heavy atom. The number of carboxylic acid groups (broad SMARTS) is 1. The highest BCUT2D eigenvalue weighted by molar-refractivity contribution is 5.92. The van der Waals surface area contributed by atoms with Crippen LogP contribution in [0.4, 0.5) is 17.3 Å². The number of anilines is 3. The number of rotatable bonds is 7. The summed E-state index contributed by atoms with van der Waals surface area (Å²) in [7, 11) is 0. The summed E-state index contributed by atoms with van der Waals surface area (Å²) in [6.07, 6.45) is 3.44. The third kappa shape index (κ3) is 4.80. The summed E-state index contributed by atoms with van der Waals surface area (Å²) in [4.78, 5) is 28.8. The van der Waals surface area contributed by atoms with Crippen LogP contribution in [0.15, 0.2) is 60.7 Å². The molecule has 9 nitrogen and oxygen atoms in total. The number of imidazole rings is 1. The number of carbonyl (C=O) groups is 1. The van der Waals surface area contributed by atoms with Gasteiger partial charge >= 0.3 is 5.97 Å². The third-order valence-electron chi connectivity index (χ3n) is 8.42. The lowest BCUT2D eigenvalue weighted by Crippen LogP contribution is -2.46. The molecule has 0 amide bonds. The van der Waals surface area contributed by atoms with Gasteiger partial charge in [0.25, 0.3) is 0 Å². The van der Waals surface area contributed by atoms with Crippen LogP contribution in [0.25, 0.3) is 11.0 Å². The summed E-state index contributed by atoms with van der Waals surface area (Å²) in [5.74, 6) is 2.08. The second kappa shape index (κ2) is 10.6. The van der Waals surface area contributed by atoms with Crippen LogP contribution in [-0.2, 0) is 24.2 Å². The van der Waals surface area contributed by atoms with E-state index in [0.717, 1.165) is 93.6 Å². The first-order chi connectivity index (χ1) is 19.6. The Labute approximate surface area is 233 Å². The van der Waals surface area contributed by atoms with E-state index < -0.39 is 5.97 Å². The van der Waals surface area contributed by atoms with Gasteiger partial charge in [0.05, 0.1) is 35.8 Å². The molecule has 7 rings (SSSR count). The van der Waals surface area contributed by atoms with Crippen molar-refractivity contribution in [2.75, 3.05) is 49.1 Å². The summed E-state index contributed by atoms with van der Waals surface area (Å²) in [6, 6.07) is 20.2. The molecule has 0 saturated carbocycles. The Hall–Kier alpha value is -3.95. The highest BCUT2D eigenvalue weighted by Gasteiger charge is 2.26. The largest absolute Gasteiger partial charge is 0.478 e. The lowest BCUT2D eigenvalue weighted by molar-refractivity contribution is -0.0592. The van der Waals surface area contributed by atoms with Gasteiger partial charge in [-0.25, -0.2) is 14.8 Å². The molecule has 0 aliphatic carbocycles. The fourth-order valence-corrected chi connectivity index (χ4v) is 6.11. The summed E-state index contributed by atoms with van der Waals surface area (Å²) in [5.41, 5.74) is 4.64. The predicted molar refractivity (Wildman–Crippen MR) is 155 cm³/mol. The highest BCUT2D eigenvalue weighted by atomic mass is 16.5. The number of carboxylic acids is 1. The van der Waals surface area contributed by atoms with E-state index in [4.69, 9.17) is 14.7 Å². The van der Waals surface area contributed by atoms with Gasteiger partial charge in [-0.05, 0) is 61.2 Å². The first kappa shape index (κ1) is 25.0. The molecule has 2 saturated heterocycles. The van der Waals surface area contributed by atoms with Crippen molar-refractivity contribution < 1.29 is 14.6 Å². The van der Waals surface area contributed by atoms with E-state index >= 15 is 0 Å². The fourth-order valence-electron chi connectivity index (χ4n) is 6.11. The molecule has 5 heterocycles. The van der Waals surface area contributed by atoms with E-state index in [2.05, 4.69) is 61.7 Å². The molecule has 2 aromatic heterocycles. The second-order valence-electron chi connectivity index (χ2n) is 10.9. The zero-order valence-corrected chi connectivity index (χ0v) is 22.6. The van der Waals surface area contributed by atoms with Gasteiger partial charge in [-0.2, -0.15) is 0 Å². The van der Waals surface area contributed by atoms with E-state index in [-0.39, 0.29) is 11.7 Å². The van der Waals surface area contributed by atoms with E-state index in [1.54, 1.807) is 12.1 Å². The standard InChI is InChI=1S/C31H34N6O3/c38-31(39)23-10-11-25-27(19-23)37(20-24-12-18-40-24)30(32-25)21-34-14-16-35(17-15-34)28-8-3-9-29(33-28)36-13-4-6-22-5-1-2-7-26(22)36/h1-3,5,7-11,19,24H,4,6,12-18,20-21H2,(H,38,39)/t24-/m0/s1. The van der Waals surface area contributed by atoms with E-state index in [9.17, 15) is 9.90 Å². The number of aromatic nitrogens is 3. The van der Waals surface area contributed by atoms with Crippen molar-refractivity contribution in [3.05, 3.63) is 77.6 Å². The molecule has 0 spiro atoms. The number of hydrogen-bond acceptors (Lipinski definition) is 7. The molecule has 1 N–H and O–H groups in total.